The number of aromatic nitrogens is 1. The van der Waals surface area contributed by atoms with Crippen molar-refractivity contribution in [2.24, 2.45) is 5.92 Å². The molecule has 0 bridgehead atoms. The maximum Gasteiger partial charge on any atom is 0.231 e. The molecule has 0 spiro atoms. The highest BCUT2D eigenvalue weighted by Gasteiger charge is 2.36. The van der Waals surface area contributed by atoms with Gasteiger partial charge in [0.15, 0.2) is 15.0 Å². The lowest BCUT2D eigenvalue weighted by atomic mass is 10.1. The van der Waals surface area contributed by atoms with Crippen LogP contribution >= 0.6 is 11.3 Å². The normalized spacial score (nSPS) is 16.4. The Bertz CT molecular complexity index is 1320. The third-order valence-corrected chi connectivity index (χ3v) is 7.24. The number of amides is 2. The van der Waals surface area contributed by atoms with E-state index in [0.29, 0.717) is 32.5 Å². The van der Waals surface area contributed by atoms with Crippen LogP contribution in [0.1, 0.15) is 6.42 Å². The van der Waals surface area contributed by atoms with Crippen LogP contribution in [0.2, 0.25) is 0 Å². The van der Waals surface area contributed by atoms with Gasteiger partial charge in [-0.1, -0.05) is 11.3 Å². The quantitative estimate of drug-likeness (QED) is 0.583. The van der Waals surface area contributed by atoms with E-state index >= 15 is 0 Å². The highest BCUT2D eigenvalue weighted by atomic mass is 32.2. The van der Waals surface area contributed by atoms with Crippen LogP contribution in [0.15, 0.2) is 41.3 Å². The van der Waals surface area contributed by atoms with E-state index in [2.05, 4.69) is 10.3 Å². The molecule has 3 aromatic rings. The number of nitrogens with zero attached hydrogens (tertiary/aromatic N) is 2. The van der Waals surface area contributed by atoms with Gasteiger partial charge in [0.1, 0.15) is 11.5 Å². The Morgan fingerprint density at radius 3 is 2.66 bits per heavy atom. The summed E-state index contributed by atoms with van der Waals surface area (Å²) in [5.41, 5.74) is 1.16. The summed E-state index contributed by atoms with van der Waals surface area (Å²) in [6.45, 7) is 0.205. The summed E-state index contributed by atoms with van der Waals surface area (Å²) in [5.74, 6) is 0.00681. The van der Waals surface area contributed by atoms with Gasteiger partial charge in [-0.25, -0.2) is 13.4 Å². The zero-order chi connectivity index (χ0) is 23.0. The molecule has 2 amide bonds. The van der Waals surface area contributed by atoms with Crippen molar-refractivity contribution in [2.45, 2.75) is 11.3 Å². The third-order valence-electron chi connectivity index (χ3n) is 5.19. The molecule has 1 atom stereocenters. The fraction of sp³-hybridized carbons (Fsp3) is 0.286. The van der Waals surface area contributed by atoms with Crippen LogP contribution in [-0.2, 0) is 19.4 Å². The number of thiazole rings is 1. The number of carbonyl (C=O) groups excluding carboxylic acids is 2. The molecule has 1 aliphatic heterocycles. The summed E-state index contributed by atoms with van der Waals surface area (Å²) in [5, 5.41) is 3.11. The van der Waals surface area contributed by atoms with Gasteiger partial charge in [0.05, 0.1) is 40.9 Å². The predicted octanol–water partition coefficient (Wildman–Crippen LogP) is 2.71. The first kappa shape index (κ1) is 22.0. The molecule has 1 aromatic heterocycles. The van der Waals surface area contributed by atoms with E-state index in [-0.39, 0.29) is 29.7 Å². The minimum atomic E-state index is -3.34. The molecule has 168 valence electrons. The number of hydrogen-bond donors (Lipinski definition) is 1. The van der Waals surface area contributed by atoms with Crippen molar-refractivity contribution in [3.05, 3.63) is 36.4 Å². The average molecular weight is 476 g/mol. The Morgan fingerprint density at radius 2 is 1.97 bits per heavy atom. The Morgan fingerprint density at radius 1 is 1.19 bits per heavy atom. The zero-order valence-electron chi connectivity index (χ0n) is 17.6. The topological polar surface area (TPSA) is 115 Å². The van der Waals surface area contributed by atoms with Crippen LogP contribution in [-0.4, -0.2) is 52.2 Å². The number of ether oxygens (including phenoxy) is 2. The summed E-state index contributed by atoms with van der Waals surface area (Å²) in [6.07, 6.45) is 1.20. The van der Waals surface area contributed by atoms with Crippen molar-refractivity contribution in [2.75, 3.05) is 37.2 Å². The molecule has 1 saturated heterocycles. The second kappa shape index (κ2) is 8.40. The molecule has 4 rings (SSSR count). The smallest absolute Gasteiger partial charge is 0.231 e. The number of fused-ring (bicyclic) bond motifs is 1. The number of sulfone groups is 1. The van der Waals surface area contributed by atoms with Crippen LogP contribution in [0.5, 0.6) is 11.5 Å². The standard InChI is InChI=1S/C21H21N3O6S2/c1-29-13-4-7-16(17(9-13)30-2)24-11-12(8-19(24)25)20(26)23-21-22-15-6-5-14(32(3,27)28)10-18(15)31-21/h4-7,9-10,12H,8,11H2,1-3H3,(H,22,23,26)/t12-/m1/s1. The molecule has 0 saturated carbocycles. The lowest BCUT2D eigenvalue weighted by Gasteiger charge is -2.20. The molecule has 1 aliphatic rings. The Balaban J connectivity index is 1.51. The summed E-state index contributed by atoms with van der Waals surface area (Å²) >= 11 is 1.18. The largest absolute Gasteiger partial charge is 0.497 e. The van der Waals surface area contributed by atoms with Crippen LogP contribution in [0.3, 0.4) is 0 Å². The van der Waals surface area contributed by atoms with Crippen LogP contribution in [0, 0.1) is 5.92 Å². The number of nitrogens with one attached hydrogen (secondary N) is 1. The van der Waals surface area contributed by atoms with Gasteiger partial charge in [0.25, 0.3) is 0 Å². The minimum Gasteiger partial charge on any atom is -0.497 e. The van der Waals surface area contributed by atoms with Gasteiger partial charge in [-0.05, 0) is 30.3 Å². The van der Waals surface area contributed by atoms with Crippen molar-refractivity contribution >= 4 is 54.0 Å². The first-order valence-electron chi connectivity index (χ1n) is 9.63. The number of carbonyl (C=O) groups is 2. The van der Waals surface area contributed by atoms with E-state index < -0.39 is 15.8 Å². The summed E-state index contributed by atoms with van der Waals surface area (Å²) in [6, 6.07) is 9.76. The van der Waals surface area contributed by atoms with Crippen molar-refractivity contribution in [3.63, 3.8) is 0 Å². The molecule has 2 aromatic carbocycles. The highest BCUT2D eigenvalue weighted by molar-refractivity contribution is 7.90. The second-order valence-corrected chi connectivity index (χ2v) is 10.4. The summed E-state index contributed by atoms with van der Waals surface area (Å²) in [7, 11) is -0.293. The van der Waals surface area contributed by atoms with Gasteiger partial charge in [-0.15, -0.1) is 0 Å². The Hall–Kier alpha value is -3.18. The van der Waals surface area contributed by atoms with Gasteiger partial charge < -0.3 is 19.7 Å². The van der Waals surface area contributed by atoms with Gasteiger partial charge >= 0.3 is 0 Å². The third kappa shape index (κ3) is 4.26. The Labute approximate surface area is 188 Å². The average Bonchev–Trinajstić information content (AvgIpc) is 3.34. The first-order valence-corrected chi connectivity index (χ1v) is 12.3. The van der Waals surface area contributed by atoms with E-state index in [4.69, 9.17) is 9.47 Å². The highest BCUT2D eigenvalue weighted by Crippen LogP contribution is 2.36. The fourth-order valence-corrected chi connectivity index (χ4v) is 5.15. The number of hydrogen-bond acceptors (Lipinski definition) is 8. The van der Waals surface area contributed by atoms with E-state index in [9.17, 15) is 18.0 Å². The monoisotopic (exact) mass is 475 g/mol. The molecule has 0 radical (unpaired) electrons. The maximum absolute atomic E-state index is 12.8. The number of benzene rings is 2. The maximum atomic E-state index is 12.8. The number of methoxy groups -OCH3 is 2. The molecule has 2 heterocycles. The Kier molecular flexibility index (Phi) is 5.78. The van der Waals surface area contributed by atoms with Crippen molar-refractivity contribution in [3.8, 4) is 11.5 Å². The number of anilines is 2. The molecule has 0 aliphatic carbocycles. The van der Waals surface area contributed by atoms with E-state index in [0.717, 1.165) is 6.26 Å². The van der Waals surface area contributed by atoms with Crippen molar-refractivity contribution < 1.29 is 27.5 Å². The molecule has 32 heavy (non-hydrogen) atoms. The zero-order valence-corrected chi connectivity index (χ0v) is 19.2. The molecule has 0 unspecified atom stereocenters. The summed E-state index contributed by atoms with van der Waals surface area (Å²) < 4.78 is 34.7. The van der Waals surface area contributed by atoms with Crippen LogP contribution in [0.25, 0.3) is 10.2 Å². The second-order valence-electron chi connectivity index (χ2n) is 7.35. The molecule has 9 nitrogen and oxygen atoms in total. The molecule has 11 heteroatoms. The molecule has 1 fully saturated rings. The van der Waals surface area contributed by atoms with Crippen LogP contribution in [0.4, 0.5) is 10.8 Å². The lowest BCUT2D eigenvalue weighted by Crippen LogP contribution is -2.28. The van der Waals surface area contributed by atoms with Crippen molar-refractivity contribution in [1.82, 2.24) is 4.98 Å². The van der Waals surface area contributed by atoms with Gasteiger partial charge in [-0.2, -0.15) is 0 Å². The van der Waals surface area contributed by atoms with Crippen LogP contribution < -0.4 is 19.7 Å². The van der Waals surface area contributed by atoms with Gasteiger partial charge in [-0.3, -0.25) is 9.59 Å². The SMILES string of the molecule is COc1ccc(N2C[C@H](C(=O)Nc3nc4ccc(S(C)(=O)=O)cc4s3)CC2=O)c(OC)c1. The van der Waals surface area contributed by atoms with E-state index in [1.54, 1.807) is 31.4 Å². The van der Waals surface area contributed by atoms with Crippen molar-refractivity contribution in [1.29, 1.82) is 0 Å². The minimum absolute atomic E-state index is 0.0597. The van der Waals surface area contributed by atoms with Gasteiger partial charge in [0, 0.05) is 25.3 Å². The predicted molar refractivity (Wildman–Crippen MR) is 121 cm³/mol. The number of rotatable bonds is 6. The summed E-state index contributed by atoms with van der Waals surface area (Å²) in [4.78, 5) is 31.5. The fourth-order valence-electron chi connectivity index (χ4n) is 3.52. The van der Waals surface area contributed by atoms with E-state index in [1.165, 1.54) is 35.5 Å². The van der Waals surface area contributed by atoms with E-state index in [1.807, 2.05) is 0 Å². The van der Waals surface area contributed by atoms with Gasteiger partial charge in [0.2, 0.25) is 11.8 Å². The molecular weight excluding hydrogens is 454 g/mol. The molecular formula is C21H21N3O6S2. The first-order chi connectivity index (χ1) is 15.2. The lowest BCUT2D eigenvalue weighted by molar-refractivity contribution is -0.122. The molecule has 1 N–H and O–H groups in total.